The highest BCUT2D eigenvalue weighted by molar-refractivity contribution is 5.93. The lowest BCUT2D eigenvalue weighted by molar-refractivity contribution is -0.122. The summed E-state index contributed by atoms with van der Waals surface area (Å²) in [5, 5.41) is 3.04. The van der Waals surface area contributed by atoms with Gasteiger partial charge in [0.15, 0.2) is 0 Å². The van der Waals surface area contributed by atoms with Crippen LogP contribution in [0.25, 0.3) is 0 Å². The molecule has 0 spiro atoms. The Bertz CT molecular complexity index is 506. The van der Waals surface area contributed by atoms with Gasteiger partial charge in [-0.2, -0.15) is 0 Å². The van der Waals surface area contributed by atoms with Crippen LogP contribution in [-0.2, 0) is 4.79 Å². The molecular weight excluding hydrogens is 266 g/mol. The third-order valence-corrected chi connectivity index (χ3v) is 4.32. The number of carbonyl (C=O) groups is 2. The lowest BCUT2D eigenvalue weighted by Crippen LogP contribution is -2.41. The molecule has 1 N–H and O–H groups in total. The predicted molar refractivity (Wildman–Crippen MR) is 78.6 cm³/mol. The van der Waals surface area contributed by atoms with E-state index in [-0.39, 0.29) is 17.7 Å². The van der Waals surface area contributed by atoms with Crippen LogP contribution in [0.5, 0.6) is 0 Å². The van der Waals surface area contributed by atoms with Gasteiger partial charge in [-0.1, -0.05) is 0 Å². The Morgan fingerprint density at radius 2 is 2.00 bits per heavy atom. The first kappa shape index (κ1) is 14.0. The van der Waals surface area contributed by atoms with Crippen molar-refractivity contribution in [1.29, 1.82) is 0 Å². The van der Waals surface area contributed by atoms with Gasteiger partial charge < -0.3 is 10.2 Å². The zero-order chi connectivity index (χ0) is 14.7. The number of amides is 2. The maximum Gasteiger partial charge on any atom is 0.255 e. The van der Waals surface area contributed by atoms with Crippen molar-refractivity contribution in [2.45, 2.75) is 25.7 Å². The highest BCUT2D eigenvalue weighted by Gasteiger charge is 2.30. The zero-order valence-corrected chi connectivity index (χ0v) is 12.1. The van der Waals surface area contributed by atoms with Gasteiger partial charge in [-0.15, -0.1) is 0 Å². The number of likely N-dealkylation sites (tertiary alicyclic amines) is 1. The van der Waals surface area contributed by atoms with E-state index in [9.17, 15) is 9.59 Å². The van der Waals surface area contributed by atoms with Gasteiger partial charge in [0, 0.05) is 37.9 Å². The molecule has 0 bridgehead atoms. The number of aromatic nitrogens is 1. The summed E-state index contributed by atoms with van der Waals surface area (Å²) in [5.74, 6) is 1.04. The van der Waals surface area contributed by atoms with Crippen LogP contribution in [-0.4, -0.2) is 41.3 Å². The Morgan fingerprint density at radius 1 is 1.24 bits per heavy atom. The smallest absolute Gasteiger partial charge is 0.255 e. The molecular formula is C16H21N3O2. The Labute approximate surface area is 124 Å². The normalized spacial score (nSPS) is 19.3. The summed E-state index contributed by atoms with van der Waals surface area (Å²) in [6, 6.07) is 3.59. The molecule has 2 heterocycles. The van der Waals surface area contributed by atoms with E-state index in [1.165, 1.54) is 0 Å². The average molecular weight is 287 g/mol. The van der Waals surface area contributed by atoms with E-state index >= 15 is 0 Å². The second-order valence-corrected chi connectivity index (χ2v) is 6.00. The minimum atomic E-state index is 0.0589. The number of pyridine rings is 1. The number of carbonyl (C=O) groups excluding carboxylic acids is 2. The summed E-state index contributed by atoms with van der Waals surface area (Å²) in [4.78, 5) is 29.8. The van der Waals surface area contributed by atoms with Crippen molar-refractivity contribution in [3.8, 4) is 0 Å². The number of rotatable bonds is 4. The standard InChI is InChI=1S/C16H21N3O2/c20-15(13-3-4-13)18-10-12-5-8-19(9-6-12)16(21)14-2-1-7-17-11-14/h1-2,7,11-13H,3-6,8-10H2,(H,18,20). The quantitative estimate of drug-likeness (QED) is 0.912. The van der Waals surface area contributed by atoms with Crippen molar-refractivity contribution in [2.75, 3.05) is 19.6 Å². The number of piperidine rings is 1. The van der Waals surface area contributed by atoms with E-state index in [2.05, 4.69) is 10.3 Å². The van der Waals surface area contributed by atoms with Gasteiger partial charge in [0.1, 0.15) is 0 Å². The predicted octanol–water partition coefficient (Wildman–Crippen LogP) is 1.46. The fraction of sp³-hybridized carbons (Fsp3) is 0.562. The van der Waals surface area contributed by atoms with Gasteiger partial charge in [-0.05, 0) is 43.7 Å². The maximum absolute atomic E-state index is 12.3. The molecule has 1 aliphatic heterocycles. The van der Waals surface area contributed by atoms with Crippen LogP contribution in [0, 0.1) is 11.8 Å². The van der Waals surface area contributed by atoms with Crippen molar-refractivity contribution in [3.05, 3.63) is 30.1 Å². The largest absolute Gasteiger partial charge is 0.356 e. The zero-order valence-electron chi connectivity index (χ0n) is 12.1. The molecule has 1 aromatic heterocycles. The van der Waals surface area contributed by atoms with Crippen LogP contribution in [0.3, 0.4) is 0 Å². The molecule has 21 heavy (non-hydrogen) atoms. The van der Waals surface area contributed by atoms with Crippen molar-refractivity contribution in [1.82, 2.24) is 15.2 Å². The summed E-state index contributed by atoms with van der Waals surface area (Å²) in [6.45, 7) is 2.28. The summed E-state index contributed by atoms with van der Waals surface area (Å²) in [7, 11) is 0. The molecule has 112 valence electrons. The SMILES string of the molecule is O=C(NCC1CCN(C(=O)c2cccnc2)CC1)C1CC1. The highest BCUT2D eigenvalue weighted by atomic mass is 16.2. The molecule has 5 heteroatoms. The summed E-state index contributed by atoms with van der Waals surface area (Å²) in [5.41, 5.74) is 0.651. The minimum Gasteiger partial charge on any atom is -0.356 e. The lowest BCUT2D eigenvalue weighted by atomic mass is 9.96. The van der Waals surface area contributed by atoms with E-state index in [4.69, 9.17) is 0 Å². The Kier molecular flexibility index (Phi) is 4.18. The van der Waals surface area contributed by atoms with Gasteiger partial charge in [-0.25, -0.2) is 0 Å². The van der Waals surface area contributed by atoms with Crippen LogP contribution in [0.4, 0.5) is 0 Å². The second-order valence-electron chi connectivity index (χ2n) is 6.00. The van der Waals surface area contributed by atoms with Crippen LogP contribution >= 0.6 is 0 Å². The van der Waals surface area contributed by atoms with E-state index in [0.717, 1.165) is 45.3 Å². The number of nitrogens with zero attached hydrogens (tertiary/aromatic N) is 2. The molecule has 5 nitrogen and oxygen atoms in total. The van der Waals surface area contributed by atoms with Crippen LogP contribution in [0.2, 0.25) is 0 Å². The van der Waals surface area contributed by atoms with Gasteiger partial charge in [0.25, 0.3) is 5.91 Å². The Balaban J connectivity index is 1.44. The first-order chi connectivity index (χ1) is 10.2. The molecule has 1 aromatic rings. The minimum absolute atomic E-state index is 0.0589. The van der Waals surface area contributed by atoms with Crippen molar-refractivity contribution in [3.63, 3.8) is 0 Å². The first-order valence-electron chi connectivity index (χ1n) is 7.71. The third kappa shape index (κ3) is 3.60. The molecule has 1 saturated heterocycles. The molecule has 3 rings (SSSR count). The molecule has 1 aliphatic carbocycles. The highest BCUT2D eigenvalue weighted by Crippen LogP contribution is 2.29. The maximum atomic E-state index is 12.3. The number of hydrogen-bond donors (Lipinski definition) is 1. The van der Waals surface area contributed by atoms with Crippen LogP contribution in [0.1, 0.15) is 36.0 Å². The fourth-order valence-corrected chi connectivity index (χ4v) is 2.75. The van der Waals surface area contributed by atoms with Gasteiger partial charge in [-0.3, -0.25) is 14.6 Å². The third-order valence-electron chi connectivity index (χ3n) is 4.32. The molecule has 1 saturated carbocycles. The summed E-state index contributed by atoms with van der Waals surface area (Å²) < 4.78 is 0. The molecule has 2 fully saturated rings. The lowest BCUT2D eigenvalue weighted by Gasteiger charge is -2.32. The summed E-state index contributed by atoms with van der Waals surface area (Å²) >= 11 is 0. The topological polar surface area (TPSA) is 62.3 Å². The van der Waals surface area contributed by atoms with Crippen molar-refractivity contribution < 1.29 is 9.59 Å². The number of nitrogens with one attached hydrogen (secondary N) is 1. The van der Waals surface area contributed by atoms with Crippen LogP contribution < -0.4 is 5.32 Å². The first-order valence-corrected chi connectivity index (χ1v) is 7.71. The van der Waals surface area contributed by atoms with E-state index in [1.807, 2.05) is 4.90 Å². The van der Waals surface area contributed by atoms with E-state index in [1.54, 1.807) is 24.5 Å². The van der Waals surface area contributed by atoms with Gasteiger partial charge in [0.05, 0.1) is 5.56 Å². The molecule has 2 aliphatic rings. The molecule has 0 aromatic carbocycles. The van der Waals surface area contributed by atoms with Crippen molar-refractivity contribution >= 4 is 11.8 Å². The molecule has 0 unspecified atom stereocenters. The average Bonchev–Trinajstić information content (AvgIpc) is 3.38. The monoisotopic (exact) mass is 287 g/mol. The Hall–Kier alpha value is -1.91. The van der Waals surface area contributed by atoms with E-state index < -0.39 is 0 Å². The second kappa shape index (κ2) is 6.24. The fourth-order valence-electron chi connectivity index (χ4n) is 2.75. The van der Waals surface area contributed by atoms with Crippen molar-refractivity contribution in [2.24, 2.45) is 11.8 Å². The Morgan fingerprint density at radius 3 is 2.62 bits per heavy atom. The molecule has 2 amide bonds. The molecule has 0 radical (unpaired) electrons. The van der Waals surface area contributed by atoms with Gasteiger partial charge in [0.2, 0.25) is 5.91 Å². The van der Waals surface area contributed by atoms with Gasteiger partial charge >= 0.3 is 0 Å². The number of hydrogen-bond acceptors (Lipinski definition) is 3. The summed E-state index contributed by atoms with van der Waals surface area (Å²) in [6.07, 6.45) is 7.29. The van der Waals surface area contributed by atoms with Crippen LogP contribution in [0.15, 0.2) is 24.5 Å². The molecule has 0 atom stereocenters. The van der Waals surface area contributed by atoms with E-state index in [0.29, 0.717) is 11.5 Å².